The third-order valence-electron chi connectivity index (χ3n) is 5.16. The lowest BCUT2D eigenvalue weighted by Gasteiger charge is -2.46. The highest BCUT2D eigenvalue weighted by Crippen LogP contribution is 2.36. The molecule has 2 heteroatoms. The molecule has 1 saturated carbocycles. The van der Waals surface area contributed by atoms with Crippen LogP contribution in [-0.2, 0) is 0 Å². The number of likely N-dealkylation sites (N-methyl/N-ethyl adjacent to an activating group) is 2. The largest absolute Gasteiger partial charge is 0.315 e. The van der Waals surface area contributed by atoms with E-state index in [0.29, 0.717) is 6.04 Å². The van der Waals surface area contributed by atoms with E-state index in [-0.39, 0.29) is 5.54 Å². The molecule has 0 aromatic heterocycles. The van der Waals surface area contributed by atoms with Crippen LogP contribution in [0.25, 0.3) is 0 Å². The van der Waals surface area contributed by atoms with Crippen LogP contribution in [0.1, 0.15) is 52.9 Å². The maximum atomic E-state index is 3.58. The summed E-state index contributed by atoms with van der Waals surface area (Å²) in [6, 6.07) is 0.607. The molecule has 1 atom stereocenters. The molecule has 0 aliphatic heterocycles. The van der Waals surface area contributed by atoms with Crippen molar-refractivity contribution in [1.29, 1.82) is 0 Å². The van der Waals surface area contributed by atoms with Gasteiger partial charge in [0.25, 0.3) is 0 Å². The van der Waals surface area contributed by atoms with Gasteiger partial charge in [-0.05, 0) is 59.7 Å². The van der Waals surface area contributed by atoms with Crippen molar-refractivity contribution in [1.82, 2.24) is 10.2 Å². The normalized spacial score (nSPS) is 28.4. The zero-order valence-corrected chi connectivity index (χ0v) is 12.7. The summed E-state index contributed by atoms with van der Waals surface area (Å²) in [6.45, 7) is 7.06. The van der Waals surface area contributed by atoms with Gasteiger partial charge in [-0.2, -0.15) is 0 Å². The molecule has 2 nitrogen and oxygen atoms in total. The van der Waals surface area contributed by atoms with E-state index in [1.807, 2.05) is 0 Å². The molecule has 1 aliphatic carbocycles. The molecule has 17 heavy (non-hydrogen) atoms. The highest BCUT2D eigenvalue weighted by atomic mass is 15.2. The molecule has 1 rings (SSSR count). The van der Waals surface area contributed by atoms with Crippen molar-refractivity contribution in [2.75, 3.05) is 21.1 Å². The molecule has 0 heterocycles. The van der Waals surface area contributed by atoms with Crippen molar-refractivity contribution in [2.45, 2.75) is 64.5 Å². The van der Waals surface area contributed by atoms with Crippen LogP contribution in [0.2, 0.25) is 0 Å². The van der Waals surface area contributed by atoms with Crippen molar-refractivity contribution in [2.24, 2.45) is 11.8 Å². The molecule has 102 valence electrons. The standard InChI is InChI=1S/C15H32N2/c1-7-12-8-10-13(11-9-12)14(16-4)15(2,3)17(5)6/h12-14,16H,7-11H2,1-6H3. The second-order valence-corrected chi connectivity index (χ2v) is 6.50. The Kier molecular flexibility index (Phi) is 5.46. The smallest absolute Gasteiger partial charge is 0.0302 e. The van der Waals surface area contributed by atoms with Gasteiger partial charge in [0.15, 0.2) is 0 Å². The Morgan fingerprint density at radius 3 is 2.06 bits per heavy atom. The first-order chi connectivity index (χ1) is 7.93. The van der Waals surface area contributed by atoms with Crippen LogP contribution >= 0.6 is 0 Å². The van der Waals surface area contributed by atoms with Crippen LogP contribution in [0.5, 0.6) is 0 Å². The second kappa shape index (κ2) is 6.19. The Balaban J connectivity index is 2.63. The van der Waals surface area contributed by atoms with E-state index in [1.165, 1.54) is 32.1 Å². The predicted octanol–water partition coefficient (Wildman–Crippen LogP) is 3.13. The van der Waals surface area contributed by atoms with E-state index < -0.39 is 0 Å². The molecule has 1 unspecified atom stereocenters. The van der Waals surface area contributed by atoms with Crippen LogP contribution in [0.3, 0.4) is 0 Å². The molecular formula is C15H32N2. The van der Waals surface area contributed by atoms with Gasteiger partial charge in [-0.15, -0.1) is 0 Å². The van der Waals surface area contributed by atoms with E-state index in [1.54, 1.807) is 0 Å². The minimum atomic E-state index is 0.235. The van der Waals surface area contributed by atoms with Gasteiger partial charge in [0, 0.05) is 11.6 Å². The molecule has 1 N–H and O–H groups in total. The summed E-state index contributed by atoms with van der Waals surface area (Å²) < 4.78 is 0. The lowest BCUT2D eigenvalue weighted by molar-refractivity contribution is 0.0833. The number of nitrogens with zero attached hydrogens (tertiary/aromatic N) is 1. The second-order valence-electron chi connectivity index (χ2n) is 6.50. The monoisotopic (exact) mass is 240 g/mol. The first kappa shape index (κ1) is 15.0. The SMILES string of the molecule is CCC1CCC(C(NC)C(C)(C)N(C)C)CC1. The van der Waals surface area contributed by atoms with E-state index in [4.69, 9.17) is 0 Å². The number of hydrogen-bond acceptors (Lipinski definition) is 2. The van der Waals surface area contributed by atoms with Gasteiger partial charge in [0.1, 0.15) is 0 Å². The summed E-state index contributed by atoms with van der Waals surface area (Å²) in [4.78, 5) is 2.36. The van der Waals surface area contributed by atoms with Gasteiger partial charge in [0.2, 0.25) is 0 Å². The van der Waals surface area contributed by atoms with Crippen molar-refractivity contribution in [3.63, 3.8) is 0 Å². The molecule has 1 fully saturated rings. The maximum Gasteiger partial charge on any atom is 0.0302 e. The molecule has 0 aromatic carbocycles. The third-order valence-corrected chi connectivity index (χ3v) is 5.16. The molecule has 0 radical (unpaired) electrons. The fourth-order valence-electron chi connectivity index (χ4n) is 3.37. The lowest BCUT2D eigenvalue weighted by Crippen LogP contribution is -2.58. The molecule has 0 aromatic rings. The quantitative estimate of drug-likeness (QED) is 0.794. The molecule has 0 spiro atoms. The summed E-state index contributed by atoms with van der Waals surface area (Å²) in [6.07, 6.45) is 7.04. The summed E-state index contributed by atoms with van der Waals surface area (Å²) in [5, 5.41) is 3.58. The van der Waals surface area contributed by atoms with Crippen molar-refractivity contribution < 1.29 is 0 Å². The fraction of sp³-hybridized carbons (Fsp3) is 1.00. The highest BCUT2D eigenvalue weighted by Gasteiger charge is 2.37. The average molecular weight is 240 g/mol. The van der Waals surface area contributed by atoms with Crippen LogP contribution in [0.4, 0.5) is 0 Å². The zero-order chi connectivity index (χ0) is 13.1. The van der Waals surface area contributed by atoms with Crippen LogP contribution in [-0.4, -0.2) is 37.6 Å². The van der Waals surface area contributed by atoms with Gasteiger partial charge in [-0.1, -0.05) is 26.2 Å². The minimum Gasteiger partial charge on any atom is -0.315 e. The van der Waals surface area contributed by atoms with Crippen LogP contribution < -0.4 is 5.32 Å². The summed E-state index contributed by atoms with van der Waals surface area (Å²) >= 11 is 0. The van der Waals surface area contributed by atoms with Crippen molar-refractivity contribution in [3.05, 3.63) is 0 Å². The van der Waals surface area contributed by atoms with E-state index in [9.17, 15) is 0 Å². The van der Waals surface area contributed by atoms with E-state index >= 15 is 0 Å². The number of rotatable bonds is 5. The molecule has 0 bridgehead atoms. The topological polar surface area (TPSA) is 15.3 Å². The van der Waals surface area contributed by atoms with Crippen molar-refractivity contribution in [3.8, 4) is 0 Å². The van der Waals surface area contributed by atoms with Gasteiger partial charge >= 0.3 is 0 Å². The molecular weight excluding hydrogens is 208 g/mol. The van der Waals surface area contributed by atoms with E-state index in [2.05, 4.69) is 52.1 Å². The van der Waals surface area contributed by atoms with Gasteiger partial charge in [-0.25, -0.2) is 0 Å². The fourth-order valence-corrected chi connectivity index (χ4v) is 3.37. The Morgan fingerprint density at radius 2 is 1.71 bits per heavy atom. The maximum absolute atomic E-state index is 3.58. The predicted molar refractivity (Wildman–Crippen MR) is 76.4 cm³/mol. The number of hydrogen-bond donors (Lipinski definition) is 1. The summed E-state index contributed by atoms with van der Waals surface area (Å²) in [5.74, 6) is 1.84. The van der Waals surface area contributed by atoms with E-state index in [0.717, 1.165) is 11.8 Å². The van der Waals surface area contributed by atoms with Gasteiger partial charge in [-0.3, -0.25) is 0 Å². The zero-order valence-electron chi connectivity index (χ0n) is 12.7. The first-order valence-electron chi connectivity index (χ1n) is 7.28. The van der Waals surface area contributed by atoms with Crippen molar-refractivity contribution >= 4 is 0 Å². The minimum absolute atomic E-state index is 0.235. The third kappa shape index (κ3) is 3.45. The Morgan fingerprint density at radius 1 is 1.18 bits per heavy atom. The number of nitrogens with one attached hydrogen (secondary N) is 1. The summed E-state index contributed by atoms with van der Waals surface area (Å²) in [7, 11) is 6.52. The summed E-state index contributed by atoms with van der Waals surface area (Å²) in [5.41, 5.74) is 0.235. The van der Waals surface area contributed by atoms with Gasteiger partial charge in [0.05, 0.1) is 0 Å². The van der Waals surface area contributed by atoms with Crippen LogP contribution in [0, 0.1) is 11.8 Å². The molecule has 0 saturated heterocycles. The average Bonchev–Trinajstić information content (AvgIpc) is 2.30. The highest BCUT2D eigenvalue weighted by molar-refractivity contribution is 4.96. The first-order valence-corrected chi connectivity index (χ1v) is 7.28. The Labute approximate surface area is 108 Å². The molecule has 0 amide bonds. The Hall–Kier alpha value is -0.0800. The molecule has 1 aliphatic rings. The lowest BCUT2D eigenvalue weighted by atomic mass is 9.72. The van der Waals surface area contributed by atoms with Crippen LogP contribution in [0.15, 0.2) is 0 Å². The van der Waals surface area contributed by atoms with Gasteiger partial charge < -0.3 is 10.2 Å². The Bertz CT molecular complexity index is 215.